The van der Waals surface area contributed by atoms with Gasteiger partial charge in [-0.1, -0.05) is 30.3 Å². The number of hydrogen-bond donors (Lipinski definition) is 1. The van der Waals surface area contributed by atoms with E-state index in [9.17, 15) is 18.0 Å². The van der Waals surface area contributed by atoms with Gasteiger partial charge < -0.3 is 5.11 Å². The van der Waals surface area contributed by atoms with E-state index in [4.69, 9.17) is 5.11 Å². The first-order valence-electron chi connectivity index (χ1n) is 5.13. The van der Waals surface area contributed by atoms with Crippen LogP contribution in [0.15, 0.2) is 30.3 Å². The molecule has 0 aliphatic carbocycles. The molecular formula is C11H12F3NO2S. The van der Waals surface area contributed by atoms with Crippen molar-refractivity contribution in [3.8, 4) is 0 Å². The maximum Gasteiger partial charge on any atom is 0.456 e. The van der Waals surface area contributed by atoms with E-state index < -0.39 is 30.0 Å². The zero-order valence-electron chi connectivity index (χ0n) is 9.35. The summed E-state index contributed by atoms with van der Waals surface area (Å²) in [5.74, 6) is -1.28. The van der Waals surface area contributed by atoms with Gasteiger partial charge in [0.15, 0.2) is 0 Å². The molecule has 0 aromatic heterocycles. The Hall–Kier alpha value is -1.21. The number of carbonyl (C=O) groups is 1. The molecular weight excluding hydrogens is 267 g/mol. The summed E-state index contributed by atoms with van der Waals surface area (Å²) in [4.78, 5) is 10.5. The number of benzene rings is 1. The number of carboxylic acids is 1. The Bertz CT molecular complexity index is 384. The van der Waals surface area contributed by atoms with Crippen molar-refractivity contribution < 1.29 is 23.1 Å². The number of aliphatic carboxylic acids is 1. The molecule has 1 aromatic carbocycles. The summed E-state index contributed by atoms with van der Waals surface area (Å²) in [6, 6.07) is 8.96. The van der Waals surface area contributed by atoms with E-state index in [1.165, 1.54) is 0 Å². The van der Waals surface area contributed by atoms with Crippen molar-refractivity contribution in [2.75, 3.05) is 13.1 Å². The van der Waals surface area contributed by atoms with Gasteiger partial charge in [-0.2, -0.15) is 13.2 Å². The molecule has 1 aromatic rings. The monoisotopic (exact) mass is 279 g/mol. The van der Waals surface area contributed by atoms with Gasteiger partial charge >= 0.3 is 11.5 Å². The van der Waals surface area contributed by atoms with E-state index in [-0.39, 0.29) is 6.54 Å². The maximum absolute atomic E-state index is 12.2. The fraction of sp³-hybridized carbons (Fsp3) is 0.364. The van der Waals surface area contributed by atoms with Gasteiger partial charge in [0.1, 0.15) is 6.54 Å². The highest BCUT2D eigenvalue weighted by atomic mass is 32.2. The maximum atomic E-state index is 12.2. The third kappa shape index (κ3) is 6.51. The number of rotatable bonds is 6. The lowest BCUT2D eigenvalue weighted by atomic mass is 10.1. The minimum Gasteiger partial charge on any atom is -0.480 e. The summed E-state index contributed by atoms with van der Waals surface area (Å²) in [5.41, 5.74) is -3.60. The van der Waals surface area contributed by atoms with Crippen LogP contribution in [-0.4, -0.2) is 34.0 Å². The quantitative estimate of drug-likeness (QED) is 0.813. The second-order valence-corrected chi connectivity index (χ2v) is 4.69. The van der Waals surface area contributed by atoms with Gasteiger partial charge in [-0.25, -0.2) is 4.31 Å². The summed E-state index contributed by atoms with van der Waals surface area (Å²) in [6.07, 6.45) is 0.372. The van der Waals surface area contributed by atoms with E-state index in [2.05, 4.69) is 0 Å². The summed E-state index contributed by atoms with van der Waals surface area (Å²) < 4.78 is 37.4. The molecule has 0 spiro atoms. The third-order valence-corrected chi connectivity index (χ3v) is 2.81. The molecule has 0 fully saturated rings. The van der Waals surface area contributed by atoms with Crippen molar-refractivity contribution in [1.82, 2.24) is 4.31 Å². The number of halogens is 3. The van der Waals surface area contributed by atoms with Crippen LogP contribution in [0.3, 0.4) is 0 Å². The van der Waals surface area contributed by atoms with Gasteiger partial charge in [0.25, 0.3) is 0 Å². The molecule has 0 saturated carbocycles. The number of nitrogens with zero attached hydrogens (tertiary/aromatic N) is 1. The largest absolute Gasteiger partial charge is 0.480 e. The first kappa shape index (κ1) is 14.8. The normalized spacial score (nSPS) is 11.8. The van der Waals surface area contributed by atoms with Gasteiger partial charge in [0, 0.05) is 18.5 Å². The lowest BCUT2D eigenvalue weighted by molar-refractivity contribution is -0.137. The van der Waals surface area contributed by atoms with Crippen LogP contribution in [0.5, 0.6) is 0 Å². The lowest BCUT2D eigenvalue weighted by Crippen LogP contribution is -2.29. The molecule has 1 N–H and O–H groups in total. The van der Waals surface area contributed by atoms with Crippen molar-refractivity contribution in [3.63, 3.8) is 0 Å². The van der Waals surface area contributed by atoms with Gasteiger partial charge in [-0.15, -0.1) is 0 Å². The Morgan fingerprint density at radius 3 is 2.39 bits per heavy atom. The molecule has 7 heteroatoms. The number of alkyl halides is 3. The predicted molar refractivity (Wildman–Crippen MR) is 63.0 cm³/mol. The second-order valence-electron chi connectivity index (χ2n) is 3.53. The molecule has 0 aliphatic rings. The molecule has 0 amide bonds. The molecule has 0 unspecified atom stereocenters. The smallest absolute Gasteiger partial charge is 0.456 e. The fourth-order valence-corrected chi connectivity index (χ4v) is 2.00. The van der Waals surface area contributed by atoms with Crippen LogP contribution in [0.25, 0.3) is 0 Å². The van der Waals surface area contributed by atoms with Crippen molar-refractivity contribution in [1.29, 1.82) is 0 Å². The molecule has 0 aliphatic heterocycles. The molecule has 0 radical (unpaired) electrons. The SMILES string of the molecule is O=C(O)CN(CCc1ccccc1)SC(F)(F)F. The highest BCUT2D eigenvalue weighted by molar-refractivity contribution is 7.97. The fourth-order valence-electron chi connectivity index (χ4n) is 1.35. The zero-order valence-corrected chi connectivity index (χ0v) is 10.2. The zero-order chi connectivity index (χ0) is 13.6. The van der Waals surface area contributed by atoms with E-state index in [0.717, 1.165) is 9.87 Å². The Kier molecular flexibility index (Phi) is 5.49. The summed E-state index contributed by atoms with van der Waals surface area (Å²) in [5, 5.41) is 8.56. The van der Waals surface area contributed by atoms with Gasteiger partial charge in [-0.3, -0.25) is 4.79 Å². The number of hydrogen-bond acceptors (Lipinski definition) is 3. The van der Waals surface area contributed by atoms with Crippen LogP contribution < -0.4 is 0 Å². The molecule has 0 bridgehead atoms. The van der Waals surface area contributed by atoms with Crippen LogP contribution in [-0.2, 0) is 11.2 Å². The van der Waals surface area contributed by atoms with Gasteiger partial charge in [0.2, 0.25) is 0 Å². The van der Waals surface area contributed by atoms with Crippen LogP contribution >= 0.6 is 11.9 Å². The second kappa shape index (κ2) is 6.65. The molecule has 0 heterocycles. The Balaban J connectivity index is 2.53. The first-order valence-corrected chi connectivity index (χ1v) is 5.91. The molecule has 0 atom stereocenters. The molecule has 18 heavy (non-hydrogen) atoms. The standard InChI is InChI=1S/C11H12F3NO2S/c12-11(13,14)18-15(8-10(16)17)7-6-9-4-2-1-3-5-9/h1-5H,6-8H2,(H,16,17). The van der Waals surface area contributed by atoms with Crippen molar-refractivity contribution >= 4 is 17.9 Å². The lowest BCUT2D eigenvalue weighted by Gasteiger charge is -2.20. The van der Waals surface area contributed by atoms with E-state index in [0.29, 0.717) is 6.42 Å². The third-order valence-electron chi connectivity index (χ3n) is 2.04. The van der Waals surface area contributed by atoms with Crippen molar-refractivity contribution in [2.24, 2.45) is 0 Å². The van der Waals surface area contributed by atoms with Gasteiger partial charge in [-0.05, 0) is 12.0 Å². The van der Waals surface area contributed by atoms with Crippen molar-refractivity contribution in [2.45, 2.75) is 11.9 Å². The van der Waals surface area contributed by atoms with Crippen molar-refractivity contribution in [3.05, 3.63) is 35.9 Å². The molecule has 100 valence electrons. The molecule has 0 saturated heterocycles. The average molecular weight is 279 g/mol. The highest BCUT2D eigenvalue weighted by Gasteiger charge is 2.33. The van der Waals surface area contributed by atoms with E-state index >= 15 is 0 Å². The Labute approximate surface area is 107 Å². The minimum absolute atomic E-state index is 0.0283. The molecule has 3 nitrogen and oxygen atoms in total. The summed E-state index contributed by atoms with van der Waals surface area (Å²) >= 11 is -0.398. The number of carboxylic acid groups (broad SMARTS) is 1. The Morgan fingerprint density at radius 2 is 1.89 bits per heavy atom. The minimum atomic E-state index is -4.47. The van der Waals surface area contributed by atoms with E-state index in [1.807, 2.05) is 6.07 Å². The Morgan fingerprint density at radius 1 is 1.28 bits per heavy atom. The van der Waals surface area contributed by atoms with Gasteiger partial charge in [0.05, 0.1) is 0 Å². The van der Waals surface area contributed by atoms with Crippen LogP contribution in [0.2, 0.25) is 0 Å². The topological polar surface area (TPSA) is 40.5 Å². The highest BCUT2D eigenvalue weighted by Crippen LogP contribution is 2.33. The summed E-state index contributed by atoms with van der Waals surface area (Å²) in [6.45, 7) is -0.614. The van der Waals surface area contributed by atoms with E-state index in [1.54, 1.807) is 24.3 Å². The molecule has 1 rings (SSSR count). The van der Waals surface area contributed by atoms with Crippen LogP contribution in [0, 0.1) is 0 Å². The first-order chi connectivity index (χ1) is 8.37. The average Bonchev–Trinajstić information content (AvgIpc) is 2.24. The van der Waals surface area contributed by atoms with Crippen LogP contribution in [0.4, 0.5) is 13.2 Å². The van der Waals surface area contributed by atoms with Crippen LogP contribution in [0.1, 0.15) is 5.56 Å². The predicted octanol–water partition coefficient (Wildman–Crippen LogP) is 2.78. The summed E-state index contributed by atoms with van der Waals surface area (Å²) in [7, 11) is 0.